The van der Waals surface area contributed by atoms with E-state index in [1.165, 1.54) is 0 Å². The summed E-state index contributed by atoms with van der Waals surface area (Å²) in [6, 6.07) is 8.40. The van der Waals surface area contributed by atoms with Crippen molar-refractivity contribution in [2.45, 2.75) is 51.5 Å². The van der Waals surface area contributed by atoms with Crippen LogP contribution in [0, 0.1) is 0 Å². The SMILES string of the molecule is CCC(=O)CCC(=O)N[C@@H](Cc1ccccc1)C(=O)CCC(=O)O. The number of rotatable bonds is 11. The normalized spacial score (nSPS) is 11.5. The second-order valence-corrected chi connectivity index (χ2v) is 5.56. The molecule has 1 rings (SSSR count). The molecule has 0 bridgehead atoms. The molecule has 0 aliphatic heterocycles. The summed E-state index contributed by atoms with van der Waals surface area (Å²) in [7, 11) is 0. The molecule has 0 saturated heterocycles. The summed E-state index contributed by atoms with van der Waals surface area (Å²) in [5.74, 6) is -1.76. The van der Waals surface area contributed by atoms with Crippen molar-refractivity contribution in [2.24, 2.45) is 0 Å². The van der Waals surface area contributed by atoms with Crippen molar-refractivity contribution in [2.75, 3.05) is 0 Å². The van der Waals surface area contributed by atoms with Gasteiger partial charge in [0, 0.05) is 25.7 Å². The first kappa shape index (κ1) is 19.5. The summed E-state index contributed by atoms with van der Waals surface area (Å²) in [5, 5.41) is 11.3. The summed E-state index contributed by atoms with van der Waals surface area (Å²) < 4.78 is 0. The monoisotopic (exact) mass is 333 g/mol. The highest BCUT2D eigenvalue weighted by atomic mass is 16.4. The van der Waals surface area contributed by atoms with Crippen molar-refractivity contribution >= 4 is 23.4 Å². The number of ketones is 2. The quantitative estimate of drug-likeness (QED) is 0.644. The largest absolute Gasteiger partial charge is 0.481 e. The third kappa shape index (κ3) is 7.67. The van der Waals surface area contributed by atoms with Crippen LogP contribution in [0.3, 0.4) is 0 Å². The van der Waals surface area contributed by atoms with Crippen LogP contribution in [0.25, 0.3) is 0 Å². The third-order valence-corrected chi connectivity index (χ3v) is 3.62. The highest BCUT2D eigenvalue weighted by molar-refractivity contribution is 5.92. The van der Waals surface area contributed by atoms with Crippen molar-refractivity contribution in [1.82, 2.24) is 5.32 Å². The molecule has 0 aliphatic rings. The highest BCUT2D eigenvalue weighted by Gasteiger charge is 2.21. The number of aliphatic carboxylic acids is 1. The lowest BCUT2D eigenvalue weighted by molar-refractivity contribution is -0.139. The summed E-state index contributed by atoms with van der Waals surface area (Å²) in [6.45, 7) is 1.73. The van der Waals surface area contributed by atoms with Crippen LogP contribution in [0.2, 0.25) is 0 Å². The van der Waals surface area contributed by atoms with Gasteiger partial charge in [-0.2, -0.15) is 0 Å². The topological polar surface area (TPSA) is 101 Å². The molecule has 1 aromatic carbocycles. The van der Waals surface area contributed by atoms with Gasteiger partial charge in [-0.15, -0.1) is 0 Å². The van der Waals surface area contributed by atoms with E-state index in [2.05, 4.69) is 5.32 Å². The zero-order valence-corrected chi connectivity index (χ0v) is 13.8. The molecular formula is C18H23NO5. The summed E-state index contributed by atoms with van der Waals surface area (Å²) in [4.78, 5) is 46.1. The molecule has 0 aliphatic carbocycles. The van der Waals surface area contributed by atoms with Gasteiger partial charge in [-0.25, -0.2) is 0 Å². The number of carboxylic acid groups (broad SMARTS) is 1. The van der Waals surface area contributed by atoms with Crippen LogP contribution in [-0.2, 0) is 25.6 Å². The molecule has 2 N–H and O–H groups in total. The van der Waals surface area contributed by atoms with Crippen LogP contribution in [0.4, 0.5) is 0 Å². The first-order valence-electron chi connectivity index (χ1n) is 8.01. The van der Waals surface area contributed by atoms with Crippen LogP contribution in [-0.4, -0.2) is 34.6 Å². The minimum atomic E-state index is -1.05. The Labute approximate surface area is 141 Å². The number of hydrogen-bond donors (Lipinski definition) is 2. The van der Waals surface area contributed by atoms with Crippen molar-refractivity contribution in [3.63, 3.8) is 0 Å². The van der Waals surface area contributed by atoms with Crippen LogP contribution in [0.15, 0.2) is 30.3 Å². The van der Waals surface area contributed by atoms with Gasteiger partial charge in [0.05, 0.1) is 12.5 Å². The van der Waals surface area contributed by atoms with Gasteiger partial charge < -0.3 is 10.4 Å². The van der Waals surface area contributed by atoms with E-state index in [-0.39, 0.29) is 43.2 Å². The van der Waals surface area contributed by atoms with Crippen LogP contribution in [0.1, 0.15) is 44.6 Å². The van der Waals surface area contributed by atoms with E-state index in [1.54, 1.807) is 6.92 Å². The van der Waals surface area contributed by atoms with Crippen molar-refractivity contribution < 1.29 is 24.3 Å². The average molecular weight is 333 g/mol. The highest BCUT2D eigenvalue weighted by Crippen LogP contribution is 2.08. The number of Topliss-reactive ketones (excluding diaryl/α,β-unsaturated/α-hetero) is 2. The predicted molar refractivity (Wildman–Crippen MR) is 88.5 cm³/mol. The molecule has 0 unspecified atom stereocenters. The van der Waals surface area contributed by atoms with E-state index >= 15 is 0 Å². The summed E-state index contributed by atoms with van der Waals surface area (Å²) in [5.41, 5.74) is 0.871. The minimum absolute atomic E-state index is 0.0121. The first-order chi connectivity index (χ1) is 11.4. The van der Waals surface area contributed by atoms with Crippen molar-refractivity contribution in [3.8, 4) is 0 Å². The van der Waals surface area contributed by atoms with Crippen LogP contribution < -0.4 is 5.32 Å². The van der Waals surface area contributed by atoms with Gasteiger partial charge in [-0.1, -0.05) is 37.3 Å². The van der Waals surface area contributed by atoms with E-state index in [0.29, 0.717) is 12.8 Å². The minimum Gasteiger partial charge on any atom is -0.481 e. The molecule has 6 heteroatoms. The fraction of sp³-hybridized carbons (Fsp3) is 0.444. The lowest BCUT2D eigenvalue weighted by atomic mass is 9.99. The molecule has 1 amide bonds. The Morgan fingerprint density at radius 3 is 2.25 bits per heavy atom. The Hall–Kier alpha value is -2.50. The van der Waals surface area contributed by atoms with Crippen LogP contribution >= 0.6 is 0 Å². The molecule has 0 spiro atoms. The van der Waals surface area contributed by atoms with E-state index in [9.17, 15) is 19.2 Å². The molecular weight excluding hydrogens is 310 g/mol. The zero-order chi connectivity index (χ0) is 17.9. The van der Waals surface area contributed by atoms with E-state index in [1.807, 2.05) is 30.3 Å². The number of amides is 1. The van der Waals surface area contributed by atoms with Gasteiger partial charge in [0.25, 0.3) is 0 Å². The van der Waals surface area contributed by atoms with E-state index in [4.69, 9.17) is 5.11 Å². The molecule has 0 radical (unpaired) electrons. The second-order valence-electron chi connectivity index (χ2n) is 5.56. The maximum atomic E-state index is 12.2. The van der Waals surface area contributed by atoms with E-state index < -0.39 is 12.0 Å². The Morgan fingerprint density at radius 1 is 1.00 bits per heavy atom. The molecule has 24 heavy (non-hydrogen) atoms. The number of benzene rings is 1. The molecule has 0 heterocycles. The summed E-state index contributed by atoms with van der Waals surface area (Å²) in [6.07, 6.45) is 0.439. The number of hydrogen-bond acceptors (Lipinski definition) is 4. The Morgan fingerprint density at radius 2 is 1.67 bits per heavy atom. The molecule has 6 nitrogen and oxygen atoms in total. The van der Waals surface area contributed by atoms with Gasteiger partial charge in [-0.3, -0.25) is 19.2 Å². The first-order valence-corrected chi connectivity index (χ1v) is 8.01. The predicted octanol–water partition coefficient (Wildman–Crippen LogP) is 1.91. The standard InChI is InChI=1S/C18H23NO5/c1-2-14(20)8-10-17(22)19-15(16(21)9-11-18(23)24)12-13-6-4-3-5-7-13/h3-7,15H,2,8-12H2,1H3,(H,19,22)(H,23,24)/t15-/m0/s1. The molecule has 1 aromatic rings. The van der Waals surface area contributed by atoms with Gasteiger partial charge in [0.15, 0.2) is 5.78 Å². The van der Waals surface area contributed by atoms with Gasteiger partial charge in [0.1, 0.15) is 5.78 Å². The Bertz CT molecular complexity index is 582. The summed E-state index contributed by atoms with van der Waals surface area (Å²) >= 11 is 0. The molecule has 0 fully saturated rings. The van der Waals surface area contributed by atoms with Gasteiger partial charge in [-0.05, 0) is 12.0 Å². The molecule has 0 saturated carbocycles. The maximum absolute atomic E-state index is 12.2. The fourth-order valence-corrected chi connectivity index (χ4v) is 2.20. The lowest BCUT2D eigenvalue weighted by Gasteiger charge is -2.17. The van der Waals surface area contributed by atoms with Crippen molar-refractivity contribution in [1.29, 1.82) is 0 Å². The maximum Gasteiger partial charge on any atom is 0.303 e. The third-order valence-electron chi connectivity index (χ3n) is 3.62. The van der Waals surface area contributed by atoms with Gasteiger partial charge in [0.2, 0.25) is 5.91 Å². The van der Waals surface area contributed by atoms with Crippen LogP contribution in [0.5, 0.6) is 0 Å². The smallest absolute Gasteiger partial charge is 0.303 e. The second kappa shape index (κ2) is 10.3. The average Bonchev–Trinajstić information content (AvgIpc) is 2.57. The number of nitrogens with one attached hydrogen (secondary N) is 1. The fourth-order valence-electron chi connectivity index (χ4n) is 2.20. The van der Waals surface area contributed by atoms with Crippen molar-refractivity contribution in [3.05, 3.63) is 35.9 Å². The number of carboxylic acids is 1. The molecule has 0 aromatic heterocycles. The zero-order valence-electron chi connectivity index (χ0n) is 13.8. The van der Waals surface area contributed by atoms with E-state index in [0.717, 1.165) is 5.56 Å². The number of carbonyl (C=O) groups excluding carboxylic acids is 3. The number of carbonyl (C=O) groups is 4. The van der Waals surface area contributed by atoms with Gasteiger partial charge >= 0.3 is 5.97 Å². The Balaban J connectivity index is 2.69. The lowest BCUT2D eigenvalue weighted by Crippen LogP contribution is -2.42. The molecule has 130 valence electrons. The molecule has 1 atom stereocenters. The Kier molecular flexibility index (Phi) is 8.39.